The Morgan fingerprint density at radius 2 is 2.00 bits per heavy atom. The molecule has 0 radical (unpaired) electrons. The second-order valence-electron chi connectivity index (χ2n) is 12.0. The number of pyridine rings is 1. The van der Waals surface area contributed by atoms with Crippen LogP contribution in [0.5, 0.6) is 0 Å². The van der Waals surface area contributed by atoms with Crippen LogP contribution in [-0.4, -0.2) is 69.6 Å². The minimum Gasteiger partial charge on any atom is -0.392 e. The lowest BCUT2D eigenvalue weighted by molar-refractivity contribution is -0.144. The number of hydrogen-bond acceptors (Lipinski definition) is 7. The lowest BCUT2D eigenvalue weighted by atomic mass is 9.71. The number of carbonyl (C=O) groups is 2. The summed E-state index contributed by atoms with van der Waals surface area (Å²) in [5, 5.41) is 24.9. The molecule has 9 heteroatoms. The van der Waals surface area contributed by atoms with Crippen LogP contribution in [0.15, 0.2) is 30.2 Å². The molecule has 210 valence electrons. The lowest BCUT2D eigenvalue weighted by Gasteiger charge is -2.36. The maximum absolute atomic E-state index is 15.4. The van der Waals surface area contributed by atoms with Gasteiger partial charge >= 0.3 is 0 Å². The number of carbonyl (C=O) groups excluding carboxylic acids is 2. The van der Waals surface area contributed by atoms with Gasteiger partial charge in [-0.2, -0.15) is 0 Å². The normalized spacial score (nSPS) is 38.7. The second-order valence-corrected chi connectivity index (χ2v) is 12.0. The van der Waals surface area contributed by atoms with Crippen molar-refractivity contribution in [2.24, 2.45) is 17.3 Å². The predicted molar refractivity (Wildman–Crippen MR) is 139 cm³/mol. The SMILES string of the molecule is C[C@H]1CCCC2(C)OC2C[C@@H](C(F)=Cc2ccccn2)NC(=O)C[C@H](O)C(C)(C)C(=O)[C@H](CC2CO2)[C@@H]1O. The first-order valence-electron chi connectivity index (χ1n) is 13.7. The second kappa shape index (κ2) is 11.5. The van der Waals surface area contributed by atoms with Gasteiger partial charge in [0.25, 0.3) is 0 Å². The molecule has 1 amide bonds. The Morgan fingerprint density at radius 3 is 2.66 bits per heavy atom. The number of Topliss-reactive ketones (excluding diaryl/α,β-unsaturated/α-hetero) is 1. The minimum absolute atomic E-state index is 0.0817. The van der Waals surface area contributed by atoms with Crippen LogP contribution in [0.2, 0.25) is 0 Å². The van der Waals surface area contributed by atoms with Crippen LogP contribution in [0.3, 0.4) is 0 Å². The first-order chi connectivity index (χ1) is 17.9. The molecule has 4 rings (SSSR count). The number of epoxide rings is 2. The highest BCUT2D eigenvalue weighted by molar-refractivity contribution is 5.88. The van der Waals surface area contributed by atoms with E-state index < -0.39 is 46.9 Å². The van der Waals surface area contributed by atoms with Gasteiger partial charge in [0.05, 0.1) is 60.2 Å². The number of fused-ring (bicyclic) bond motifs is 1. The van der Waals surface area contributed by atoms with Crippen molar-refractivity contribution in [3.8, 4) is 0 Å². The molecule has 0 spiro atoms. The molecule has 0 aromatic carbocycles. The van der Waals surface area contributed by atoms with Gasteiger partial charge in [-0.15, -0.1) is 0 Å². The van der Waals surface area contributed by atoms with Gasteiger partial charge in [0, 0.05) is 18.5 Å². The summed E-state index contributed by atoms with van der Waals surface area (Å²) in [5.41, 5.74) is -1.32. The monoisotopic (exact) mass is 532 g/mol. The van der Waals surface area contributed by atoms with E-state index in [9.17, 15) is 19.8 Å². The zero-order valence-corrected chi connectivity index (χ0v) is 22.7. The molecule has 3 aliphatic heterocycles. The van der Waals surface area contributed by atoms with E-state index in [-0.39, 0.29) is 36.8 Å². The van der Waals surface area contributed by atoms with Crippen molar-refractivity contribution >= 4 is 17.8 Å². The first-order valence-corrected chi connectivity index (χ1v) is 13.7. The Hall–Kier alpha value is -2.20. The smallest absolute Gasteiger partial charge is 0.223 e. The summed E-state index contributed by atoms with van der Waals surface area (Å²) < 4.78 is 26.8. The van der Waals surface area contributed by atoms with Gasteiger partial charge in [-0.05, 0) is 50.3 Å². The first kappa shape index (κ1) is 28.8. The van der Waals surface area contributed by atoms with Crippen molar-refractivity contribution in [2.45, 2.75) is 102 Å². The molecule has 1 aromatic rings. The molecule has 0 saturated carbocycles. The summed E-state index contributed by atoms with van der Waals surface area (Å²) in [4.78, 5) is 30.8. The highest BCUT2D eigenvalue weighted by Crippen LogP contribution is 2.45. The van der Waals surface area contributed by atoms with Crippen molar-refractivity contribution < 1.29 is 33.7 Å². The number of aromatic nitrogens is 1. The van der Waals surface area contributed by atoms with Crippen molar-refractivity contribution in [3.63, 3.8) is 0 Å². The number of hydrogen-bond donors (Lipinski definition) is 3. The Morgan fingerprint density at radius 1 is 1.26 bits per heavy atom. The summed E-state index contributed by atoms with van der Waals surface area (Å²) in [6.07, 6.45) is 2.72. The Labute approximate surface area is 224 Å². The van der Waals surface area contributed by atoms with Crippen LogP contribution < -0.4 is 5.32 Å². The standard InChI is InChI=1S/C29H41FN2O6/c1-17-8-7-10-29(4)24(38-29)14-22(21(30)12-18-9-5-6-11-31-18)32-25(34)15-23(33)28(2,3)27(36)20(26(17)35)13-19-16-37-19/h5-6,9,11-12,17,19-20,22-24,26,33,35H,7-8,10,13-16H2,1-4H3,(H,32,34)/t17-,19?,20+,22-,23-,24?,26+,29?/m0/s1. The molecule has 4 heterocycles. The number of nitrogens with zero attached hydrogens (tertiary/aromatic N) is 1. The Kier molecular flexibility index (Phi) is 8.71. The van der Waals surface area contributed by atoms with Gasteiger partial charge in [0.2, 0.25) is 5.91 Å². The molecule has 1 aromatic heterocycles. The fourth-order valence-electron chi connectivity index (χ4n) is 5.52. The van der Waals surface area contributed by atoms with E-state index in [0.29, 0.717) is 25.1 Å². The summed E-state index contributed by atoms with van der Waals surface area (Å²) in [6, 6.07) is 4.20. The zero-order valence-electron chi connectivity index (χ0n) is 22.7. The molecule has 3 saturated heterocycles. The third-order valence-electron chi connectivity index (χ3n) is 8.56. The topological polar surface area (TPSA) is 125 Å². The van der Waals surface area contributed by atoms with E-state index in [1.807, 2.05) is 13.8 Å². The van der Waals surface area contributed by atoms with Crippen LogP contribution in [0.25, 0.3) is 6.08 Å². The van der Waals surface area contributed by atoms with E-state index >= 15 is 4.39 Å². The van der Waals surface area contributed by atoms with Crippen LogP contribution >= 0.6 is 0 Å². The fourth-order valence-corrected chi connectivity index (χ4v) is 5.52. The molecular formula is C29H41FN2O6. The van der Waals surface area contributed by atoms with Gasteiger partial charge in [0.1, 0.15) is 11.6 Å². The van der Waals surface area contributed by atoms with Crippen LogP contribution in [0, 0.1) is 17.3 Å². The number of ketones is 1. The molecule has 0 aliphatic carbocycles. The van der Waals surface area contributed by atoms with Crippen LogP contribution in [0.1, 0.15) is 71.9 Å². The zero-order chi connectivity index (χ0) is 27.7. The predicted octanol–water partition coefficient (Wildman–Crippen LogP) is 3.36. The average Bonchev–Trinajstić information content (AvgIpc) is 3.79. The number of ether oxygens (including phenoxy) is 2. The molecule has 3 aliphatic rings. The van der Waals surface area contributed by atoms with Gasteiger partial charge < -0.3 is 25.0 Å². The number of aliphatic hydroxyl groups is 2. The quantitative estimate of drug-likeness (QED) is 0.508. The summed E-state index contributed by atoms with van der Waals surface area (Å²) in [6.45, 7) is 7.64. The highest BCUT2D eigenvalue weighted by atomic mass is 19.1. The van der Waals surface area contributed by atoms with E-state index in [2.05, 4.69) is 10.3 Å². The third kappa shape index (κ3) is 6.86. The number of amides is 1. The molecular weight excluding hydrogens is 491 g/mol. The van der Waals surface area contributed by atoms with Gasteiger partial charge in [-0.25, -0.2) is 4.39 Å². The molecule has 38 heavy (non-hydrogen) atoms. The molecule has 8 nitrogen and oxygen atoms in total. The third-order valence-corrected chi connectivity index (χ3v) is 8.56. The van der Waals surface area contributed by atoms with Crippen molar-refractivity contribution in [1.29, 1.82) is 0 Å². The maximum Gasteiger partial charge on any atom is 0.223 e. The molecule has 3 unspecified atom stereocenters. The highest BCUT2D eigenvalue weighted by Gasteiger charge is 2.53. The largest absolute Gasteiger partial charge is 0.392 e. The van der Waals surface area contributed by atoms with E-state index in [1.165, 1.54) is 6.08 Å². The summed E-state index contributed by atoms with van der Waals surface area (Å²) in [7, 11) is 0. The Bertz CT molecular complexity index is 1030. The van der Waals surface area contributed by atoms with E-state index in [4.69, 9.17) is 9.47 Å². The lowest BCUT2D eigenvalue weighted by Crippen LogP contribution is -2.48. The van der Waals surface area contributed by atoms with Crippen LogP contribution in [0.4, 0.5) is 4.39 Å². The average molecular weight is 533 g/mol. The fraction of sp³-hybridized carbons (Fsp3) is 0.690. The van der Waals surface area contributed by atoms with E-state index in [0.717, 1.165) is 12.8 Å². The minimum atomic E-state index is -1.32. The number of nitrogens with one attached hydrogen (secondary N) is 1. The molecule has 3 fully saturated rings. The summed E-state index contributed by atoms with van der Waals surface area (Å²) in [5.74, 6) is -2.29. The van der Waals surface area contributed by atoms with Crippen LogP contribution in [-0.2, 0) is 19.1 Å². The van der Waals surface area contributed by atoms with Crippen molar-refractivity contribution in [3.05, 3.63) is 35.9 Å². The molecule has 0 bridgehead atoms. The molecule has 8 atom stereocenters. The van der Waals surface area contributed by atoms with Gasteiger partial charge in [-0.1, -0.05) is 33.3 Å². The summed E-state index contributed by atoms with van der Waals surface area (Å²) >= 11 is 0. The van der Waals surface area contributed by atoms with Gasteiger partial charge in [0.15, 0.2) is 0 Å². The van der Waals surface area contributed by atoms with Crippen molar-refractivity contribution in [1.82, 2.24) is 10.3 Å². The van der Waals surface area contributed by atoms with E-state index in [1.54, 1.807) is 38.2 Å². The molecule has 3 N–H and O–H groups in total. The number of aliphatic hydroxyl groups excluding tert-OH is 2. The number of rotatable bonds is 4. The van der Waals surface area contributed by atoms with Crippen molar-refractivity contribution in [2.75, 3.05) is 6.61 Å². The van der Waals surface area contributed by atoms with Gasteiger partial charge in [-0.3, -0.25) is 14.6 Å². The maximum atomic E-state index is 15.4. The Balaban J connectivity index is 1.58. The number of halogens is 1.